The Morgan fingerprint density at radius 3 is 2.69 bits per heavy atom. The molecule has 0 aromatic carbocycles. The lowest BCUT2D eigenvalue weighted by atomic mass is 9.89. The van der Waals surface area contributed by atoms with E-state index >= 15 is 0 Å². The second-order valence-corrected chi connectivity index (χ2v) is 7.32. The van der Waals surface area contributed by atoms with Gasteiger partial charge in [0.15, 0.2) is 12.2 Å². The number of alkyl halides is 3. The molecule has 2 aliphatic rings. The third-order valence-electron chi connectivity index (χ3n) is 4.54. The Kier molecular flexibility index (Phi) is 5.61. The van der Waals surface area contributed by atoms with E-state index in [9.17, 15) is 18.0 Å². The number of hydrogen-bond acceptors (Lipinski definition) is 5. The van der Waals surface area contributed by atoms with Gasteiger partial charge in [-0.2, -0.15) is 13.2 Å². The molecule has 1 aromatic rings. The molecule has 0 atom stereocenters. The first-order valence-corrected chi connectivity index (χ1v) is 8.79. The van der Waals surface area contributed by atoms with Crippen molar-refractivity contribution in [1.82, 2.24) is 10.3 Å². The average Bonchev–Trinajstić information content (AvgIpc) is 3.16. The maximum Gasteiger partial charge on any atom is 0.416 e. The number of carbonyl (C=O) groups excluding carboxylic acids is 1. The maximum absolute atomic E-state index is 13.2. The van der Waals surface area contributed by atoms with Crippen molar-refractivity contribution in [1.29, 1.82) is 0 Å². The minimum absolute atomic E-state index is 0.0508. The third kappa shape index (κ3) is 4.73. The van der Waals surface area contributed by atoms with E-state index in [4.69, 9.17) is 9.15 Å². The Labute approximate surface area is 165 Å². The Morgan fingerprint density at radius 1 is 1.41 bits per heavy atom. The Balaban J connectivity index is 1.83. The highest BCUT2D eigenvalue weighted by Crippen LogP contribution is 2.35. The van der Waals surface area contributed by atoms with Crippen LogP contribution in [0.1, 0.15) is 19.6 Å². The highest BCUT2D eigenvalue weighted by molar-refractivity contribution is 6.33. The van der Waals surface area contributed by atoms with Gasteiger partial charge in [0.25, 0.3) is 0 Å². The second kappa shape index (κ2) is 7.82. The third-order valence-corrected chi connectivity index (χ3v) is 4.54. The van der Waals surface area contributed by atoms with Crippen LogP contribution in [-0.4, -0.2) is 42.5 Å². The van der Waals surface area contributed by atoms with Gasteiger partial charge in [-0.1, -0.05) is 13.5 Å². The summed E-state index contributed by atoms with van der Waals surface area (Å²) in [6, 6.07) is 0. The minimum atomic E-state index is -4.55. The quantitative estimate of drug-likeness (QED) is 0.757. The van der Waals surface area contributed by atoms with Crippen LogP contribution in [0.2, 0.25) is 0 Å². The van der Waals surface area contributed by atoms with Gasteiger partial charge in [-0.05, 0) is 24.6 Å². The molecule has 0 unspecified atom stereocenters. The molecule has 1 aromatic heterocycles. The summed E-state index contributed by atoms with van der Waals surface area (Å²) >= 11 is 0. The lowest BCUT2D eigenvalue weighted by molar-refractivity contribution is -0.123. The van der Waals surface area contributed by atoms with Crippen LogP contribution in [0.25, 0.3) is 5.57 Å². The number of hydrogen-bond donors (Lipinski definition) is 1. The van der Waals surface area contributed by atoms with E-state index in [0.29, 0.717) is 25.3 Å². The van der Waals surface area contributed by atoms with Crippen LogP contribution in [0, 0.1) is 5.41 Å². The summed E-state index contributed by atoms with van der Waals surface area (Å²) in [5.74, 6) is -0.200. The van der Waals surface area contributed by atoms with Crippen molar-refractivity contribution in [3.8, 4) is 0 Å². The zero-order valence-corrected chi connectivity index (χ0v) is 16.0. The van der Waals surface area contributed by atoms with Gasteiger partial charge in [0.2, 0.25) is 5.91 Å². The fourth-order valence-electron chi connectivity index (χ4n) is 2.75. The maximum atomic E-state index is 13.2. The number of rotatable bonds is 5. The van der Waals surface area contributed by atoms with Crippen molar-refractivity contribution in [2.45, 2.75) is 20.0 Å². The van der Waals surface area contributed by atoms with E-state index in [1.807, 2.05) is 6.92 Å². The average molecular weight is 407 g/mol. The van der Waals surface area contributed by atoms with Gasteiger partial charge in [0.05, 0.1) is 30.7 Å². The molecule has 1 aliphatic heterocycles. The van der Waals surface area contributed by atoms with Crippen LogP contribution in [-0.2, 0) is 9.53 Å². The molecule has 9 heteroatoms. The van der Waals surface area contributed by atoms with Crippen molar-refractivity contribution < 1.29 is 27.1 Å². The zero-order valence-electron chi connectivity index (χ0n) is 16.0. The predicted octanol–water partition coefficient (Wildman–Crippen LogP) is 3.61. The van der Waals surface area contributed by atoms with Crippen molar-refractivity contribution in [3.63, 3.8) is 0 Å². The molecular weight excluding hydrogens is 387 g/mol. The Hall–Kier alpha value is -2.94. The summed E-state index contributed by atoms with van der Waals surface area (Å²) in [5.41, 5.74) is -0.346. The number of oxazole rings is 1. The summed E-state index contributed by atoms with van der Waals surface area (Å²) in [4.78, 5) is 20.2. The first-order chi connectivity index (χ1) is 13.6. The molecular formula is C20H20F3N3O3. The largest absolute Gasteiger partial charge is 0.443 e. The summed E-state index contributed by atoms with van der Waals surface area (Å²) in [6.45, 7) is 8.87. The fraction of sp³-hybridized carbons (Fsp3) is 0.350. The summed E-state index contributed by atoms with van der Waals surface area (Å²) in [6.07, 6.45) is 0.979. The highest BCUT2D eigenvalue weighted by Gasteiger charge is 2.36. The molecule has 1 fully saturated rings. The molecule has 3 rings (SSSR count). The van der Waals surface area contributed by atoms with Gasteiger partial charge in [-0.25, -0.2) is 4.98 Å². The number of aliphatic imine (C=N–C) groups is 1. The molecule has 29 heavy (non-hydrogen) atoms. The van der Waals surface area contributed by atoms with Crippen LogP contribution >= 0.6 is 0 Å². The number of nitrogens with one attached hydrogen (secondary N) is 1. The van der Waals surface area contributed by atoms with Crippen LogP contribution in [0.3, 0.4) is 0 Å². The van der Waals surface area contributed by atoms with Crippen LogP contribution in [0.15, 0.2) is 63.7 Å². The van der Waals surface area contributed by atoms with Gasteiger partial charge in [0, 0.05) is 29.3 Å². The monoisotopic (exact) mass is 407 g/mol. The number of allylic oxidation sites excluding steroid dienone is 5. The van der Waals surface area contributed by atoms with Gasteiger partial charge in [0.1, 0.15) is 0 Å². The summed E-state index contributed by atoms with van der Waals surface area (Å²) in [5, 5.41) is 2.81. The predicted molar refractivity (Wildman–Crippen MR) is 101 cm³/mol. The Bertz CT molecular complexity index is 934. The standard InChI is InChI=1S/C20H20F3N3O3/c1-12-4-14(20(21,22)23)5-15(16-7-24-11-29-16)17(12)25-6-13(2)18(27)26-8-19(3)9-28-10-19/h4-7,11H,1,8-10H2,2-3H3,(H,26,27)/b13-6+,25-17?. The van der Waals surface area contributed by atoms with E-state index in [0.717, 1.165) is 18.5 Å². The smallest absolute Gasteiger partial charge is 0.416 e. The van der Waals surface area contributed by atoms with Crippen LogP contribution in [0.5, 0.6) is 0 Å². The zero-order chi connectivity index (χ0) is 21.2. The molecule has 0 spiro atoms. The number of halogens is 3. The van der Waals surface area contributed by atoms with E-state index < -0.39 is 11.7 Å². The molecule has 0 saturated carbocycles. The van der Waals surface area contributed by atoms with Gasteiger partial charge >= 0.3 is 6.18 Å². The topological polar surface area (TPSA) is 76.7 Å². The van der Waals surface area contributed by atoms with E-state index in [-0.39, 0.29) is 33.9 Å². The number of amides is 1. The van der Waals surface area contributed by atoms with Crippen molar-refractivity contribution in [3.05, 3.63) is 60.0 Å². The Morgan fingerprint density at radius 2 is 2.14 bits per heavy atom. The molecule has 1 N–H and O–H groups in total. The number of aromatic nitrogens is 1. The normalized spacial score (nSPS) is 20.8. The first kappa shape index (κ1) is 20.8. The molecule has 154 valence electrons. The molecule has 1 amide bonds. The van der Waals surface area contributed by atoms with Crippen molar-refractivity contribution in [2.24, 2.45) is 10.4 Å². The van der Waals surface area contributed by atoms with E-state index in [2.05, 4.69) is 21.9 Å². The van der Waals surface area contributed by atoms with Crippen LogP contribution in [0.4, 0.5) is 13.2 Å². The fourth-order valence-corrected chi connectivity index (χ4v) is 2.75. The minimum Gasteiger partial charge on any atom is -0.443 e. The molecule has 6 nitrogen and oxygen atoms in total. The van der Waals surface area contributed by atoms with E-state index in [1.165, 1.54) is 12.4 Å². The molecule has 1 aliphatic carbocycles. The SMILES string of the molecule is C=C1C=C(C(F)(F)F)C=C(c2cnco2)C1=N/C=C(\C)C(=O)NCC1(C)COC1. The number of ether oxygens (including phenoxy) is 1. The number of carbonyl (C=O) groups is 1. The number of nitrogens with zero attached hydrogens (tertiary/aromatic N) is 2. The summed E-state index contributed by atoms with van der Waals surface area (Å²) < 4.78 is 49.8. The second-order valence-electron chi connectivity index (χ2n) is 7.32. The van der Waals surface area contributed by atoms with E-state index in [1.54, 1.807) is 6.92 Å². The lowest BCUT2D eigenvalue weighted by Gasteiger charge is -2.38. The van der Waals surface area contributed by atoms with Gasteiger partial charge in [-0.15, -0.1) is 0 Å². The van der Waals surface area contributed by atoms with Gasteiger partial charge in [-0.3, -0.25) is 9.79 Å². The molecule has 1 saturated heterocycles. The van der Waals surface area contributed by atoms with Crippen molar-refractivity contribution in [2.75, 3.05) is 19.8 Å². The first-order valence-electron chi connectivity index (χ1n) is 8.79. The van der Waals surface area contributed by atoms with Crippen molar-refractivity contribution >= 4 is 17.2 Å². The molecule has 0 radical (unpaired) electrons. The lowest BCUT2D eigenvalue weighted by Crippen LogP contribution is -2.48. The summed E-state index contributed by atoms with van der Waals surface area (Å²) in [7, 11) is 0. The molecule has 2 heterocycles. The van der Waals surface area contributed by atoms with Gasteiger partial charge < -0.3 is 14.5 Å². The van der Waals surface area contributed by atoms with Crippen LogP contribution < -0.4 is 5.32 Å². The highest BCUT2D eigenvalue weighted by atomic mass is 19.4. The molecule has 0 bridgehead atoms.